The molecule has 3 aromatic rings. The van der Waals surface area contributed by atoms with Crippen molar-refractivity contribution in [1.82, 2.24) is 18.7 Å². The minimum atomic E-state index is -3.03. The van der Waals surface area contributed by atoms with Crippen molar-refractivity contribution < 1.29 is 27.8 Å². The molecule has 0 fully saturated rings. The molecule has 12 heteroatoms. The van der Waals surface area contributed by atoms with Crippen LogP contribution in [-0.4, -0.2) is 45.0 Å². The van der Waals surface area contributed by atoms with Gasteiger partial charge in [-0.2, -0.15) is 8.78 Å². The van der Waals surface area contributed by atoms with E-state index in [1.54, 1.807) is 0 Å². The Bertz CT molecular complexity index is 1210. The molecule has 0 aliphatic carbocycles. The number of nitrogens with zero attached hydrogens (tertiary/aromatic N) is 4. The van der Waals surface area contributed by atoms with Crippen molar-refractivity contribution in [3.8, 4) is 11.5 Å². The number of aromatic nitrogens is 4. The summed E-state index contributed by atoms with van der Waals surface area (Å²) in [5.41, 5.74) is -0.532. The fourth-order valence-electron chi connectivity index (χ4n) is 2.87. The molecule has 0 unspecified atom stereocenters. The van der Waals surface area contributed by atoms with Gasteiger partial charge < -0.3 is 18.8 Å². The topological polar surface area (TPSA) is 107 Å². The molecule has 30 heavy (non-hydrogen) atoms. The highest BCUT2D eigenvalue weighted by Crippen LogP contribution is 2.29. The van der Waals surface area contributed by atoms with E-state index in [1.165, 1.54) is 54.9 Å². The van der Waals surface area contributed by atoms with E-state index < -0.39 is 23.8 Å². The zero-order chi connectivity index (χ0) is 22.0. The van der Waals surface area contributed by atoms with Crippen LogP contribution in [0.2, 0.25) is 0 Å². The van der Waals surface area contributed by atoms with Crippen LogP contribution >= 0.6 is 0 Å². The highest BCUT2D eigenvalue weighted by molar-refractivity contribution is 5.90. The number of benzene rings is 1. The van der Waals surface area contributed by atoms with Gasteiger partial charge in [-0.05, 0) is 18.2 Å². The molecule has 2 heterocycles. The lowest BCUT2D eigenvalue weighted by atomic mass is 10.2. The summed E-state index contributed by atoms with van der Waals surface area (Å²) in [5, 5.41) is 0. The second-order valence-electron chi connectivity index (χ2n) is 6.20. The molecule has 0 N–H and O–H groups in total. The first-order valence-corrected chi connectivity index (χ1v) is 8.65. The Morgan fingerprint density at radius 1 is 1.17 bits per heavy atom. The Morgan fingerprint density at radius 2 is 1.90 bits per heavy atom. The van der Waals surface area contributed by atoms with Crippen molar-refractivity contribution >= 4 is 17.1 Å². The third kappa shape index (κ3) is 3.88. The number of hydrogen-bond donors (Lipinski definition) is 0. The van der Waals surface area contributed by atoms with Gasteiger partial charge in [0.05, 0.1) is 25.5 Å². The van der Waals surface area contributed by atoms with E-state index in [1.807, 2.05) is 0 Å². The van der Waals surface area contributed by atoms with E-state index in [2.05, 4.69) is 9.72 Å². The molecule has 10 nitrogen and oxygen atoms in total. The van der Waals surface area contributed by atoms with Crippen LogP contribution in [0.25, 0.3) is 11.2 Å². The first-order valence-electron chi connectivity index (χ1n) is 8.65. The number of methoxy groups -OCH3 is 1. The number of fused-ring (bicyclic) bond motifs is 1. The van der Waals surface area contributed by atoms with Gasteiger partial charge in [0.15, 0.2) is 22.7 Å². The summed E-state index contributed by atoms with van der Waals surface area (Å²) in [6, 6.07) is 3.66. The van der Waals surface area contributed by atoms with Crippen molar-refractivity contribution in [2.45, 2.75) is 13.2 Å². The van der Waals surface area contributed by atoms with Gasteiger partial charge in [-0.3, -0.25) is 13.9 Å². The van der Waals surface area contributed by atoms with Crippen LogP contribution in [-0.2, 0) is 25.4 Å². The Labute approximate surface area is 167 Å². The van der Waals surface area contributed by atoms with Crippen molar-refractivity contribution in [2.24, 2.45) is 14.1 Å². The first-order chi connectivity index (χ1) is 14.2. The number of imidazole rings is 1. The summed E-state index contributed by atoms with van der Waals surface area (Å²) in [6.07, 6.45) is 1.37. The predicted molar refractivity (Wildman–Crippen MR) is 100 cm³/mol. The van der Waals surface area contributed by atoms with Crippen LogP contribution in [0.5, 0.6) is 11.5 Å². The van der Waals surface area contributed by atoms with Gasteiger partial charge in [0.25, 0.3) is 5.56 Å². The molecule has 0 amide bonds. The molecule has 0 saturated heterocycles. The van der Waals surface area contributed by atoms with Crippen LogP contribution in [0.1, 0.15) is 10.4 Å². The standard InChI is InChI=1S/C18H18F2N4O6/c1-22-14-13(15(25)23(2)18(22)27)24(9-21-14)6-7-29-16(26)10-4-5-11(30-17(19)20)12(8-10)28-3/h4-5,8-9,17H,6-7H2,1-3H3. The van der Waals surface area contributed by atoms with Crippen LogP contribution in [0.4, 0.5) is 8.78 Å². The van der Waals surface area contributed by atoms with Crippen LogP contribution in [0, 0.1) is 0 Å². The Morgan fingerprint density at radius 3 is 2.57 bits per heavy atom. The fraction of sp³-hybridized carbons (Fsp3) is 0.333. The Kier molecular flexibility index (Phi) is 5.85. The third-order valence-corrected chi connectivity index (χ3v) is 4.40. The van der Waals surface area contributed by atoms with Gasteiger partial charge in [0, 0.05) is 14.1 Å². The molecule has 0 bridgehead atoms. The van der Waals surface area contributed by atoms with Gasteiger partial charge in [-0.15, -0.1) is 0 Å². The number of esters is 1. The lowest BCUT2D eigenvalue weighted by Gasteiger charge is -2.11. The van der Waals surface area contributed by atoms with Gasteiger partial charge in [-0.25, -0.2) is 14.6 Å². The number of rotatable bonds is 7. The SMILES string of the molecule is COc1cc(C(=O)OCCn2cnc3c2c(=O)n(C)c(=O)n3C)ccc1OC(F)F. The highest BCUT2D eigenvalue weighted by Gasteiger charge is 2.17. The average molecular weight is 424 g/mol. The molecule has 0 radical (unpaired) electrons. The minimum Gasteiger partial charge on any atom is -0.493 e. The van der Waals surface area contributed by atoms with E-state index in [4.69, 9.17) is 9.47 Å². The van der Waals surface area contributed by atoms with E-state index in [0.29, 0.717) is 0 Å². The normalized spacial score (nSPS) is 11.1. The second-order valence-corrected chi connectivity index (χ2v) is 6.20. The lowest BCUT2D eigenvalue weighted by molar-refractivity contribution is -0.0512. The van der Waals surface area contributed by atoms with Gasteiger partial charge in [0.2, 0.25) is 0 Å². The van der Waals surface area contributed by atoms with Gasteiger partial charge in [-0.1, -0.05) is 0 Å². The molecular formula is C18H18F2N4O6. The Balaban J connectivity index is 1.74. The smallest absolute Gasteiger partial charge is 0.387 e. The van der Waals surface area contributed by atoms with Crippen LogP contribution in [0.15, 0.2) is 34.1 Å². The van der Waals surface area contributed by atoms with Crippen molar-refractivity contribution in [3.63, 3.8) is 0 Å². The van der Waals surface area contributed by atoms with Crippen LogP contribution in [0.3, 0.4) is 0 Å². The lowest BCUT2D eigenvalue weighted by Crippen LogP contribution is -2.37. The van der Waals surface area contributed by atoms with Gasteiger partial charge >= 0.3 is 18.3 Å². The number of halogens is 2. The summed E-state index contributed by atoms with van der Waals surface area (Å²) in [4.78, 5) is 40.7. The summed E-state index contributed by atoms with van der Waals surface area (Å²) < 4.78 is 42.9. The van der Waals surface area contributed by atoms with E-state index in [0.717, 1.165) is 4.57 Å². The zero-order valence-electron chi connectivity index (χ0n) is 16.3. The fourth-order valence-corrected chi connectivity index (χ4v) is 2.87. The van der Waals surface area contributed by atoms with Crippen molar-refractivity contribution in [2.75, 3.05) is 13.7 Å². The Hall–Kier alpha value is -3.70. The van der Waals surface area contributed by atoms with Crippen molar-refractivity contribution in [3.05, 3.63) is 50.9 Å². The number of carbonyl (C=O) groups excluding carboxylic acids is 1. The minimum absolute atomic E-state index is 0.0465. The van der Waals surface area contributed by atoms with E-state index >= 15 is 0 Å². The molecule has 3 rings (SSSR count). The number of alkyl halides is 2. The first kappa shape index (κ1) is 21.0. The predicted octanol–water partition coefficient (Wildman–Crippen LogP) is 0.901. The molecule has 0 aliphatic rings. The molecule has 0 saturated carbocycles. The summed E-state index contributed by atoms with van der Waals surface area (Å²) in [6.45, 7) is -3.03. The summed E-state index contributed by atoms with van der Waals surface area (Å²) in [5.74, 6) is -0.980. The molecule has 0 spiro atoms. The average Bonchev–Trinajstić information content (AvgIpc) is 3.14. The zero-order valence-corrected chi connectivity index (χ0v) is 16.3. The third-order valence-electron chi connectivity index (χ3n) is 4.40. The summed E-state index contributed by atoms with van der Waals surface area (Å²) >= 11 is 0. The number of hydrogen-bond acceptors (Lipinski definition) is 7. The van der Waals surface area contributed by atoms with E-state index in [-0.39, 0.29) is 41.4 Å². The molecule has 160 valence electrons. The number of carbonyl (C=O) groups is 1. The maximum absolute atomic E-state index is 12.4. The number of aryl methyl sites for hydroxylation is 1. The summed E-state index contributed by atoms with van der Waals surface area (Å²) in [7, 11) is 4.10. The molecule has 0 aliphatic heterocycles. The monoisotopic (exact) mass is 424 g/mol. The van der Waals surface area contributed by atoms with Crippen molar-refractivity contribution in [1.29, 1.82) is 0 Å². The largest absolute Gasteiger partial charge is 0.493 e. The second kappa shape index (κ2) is 8.35. The maximum atomic E-state index is 12.4. The van der Waals surface area contributed by atoms with Crippen LogP contribution < -0.4 is 20.7 Å². The highest BCUT2D eigenvalue weighted by atomic mass is 19.3. The molecule has 2 aromatic heterocycles. The quantitative estimate of drug-likeness (QED) is 0.519. The van der Waals surface area contributed by atoms with E-state index in [9.17, 15) is 23.2 Å². The molecule has 0 atom stereocenters. The number of ether oxygens (including phenoxy) is 3. The maximum Gasteiger partial charge on any atom is 0.387 e. The van der Waals surface area contributed by atoms with Gasteiger partial charge in [0.1, 0.15) is 6.61 Å². The molecule has 1 aromatic carbocycles. The molecular weight excluding hydrogens is 406 g/mol.